The van der Waals surface area contributed by atoms with E-state index in [1.807, 2.05) is 37.3 Å². The third-order valence-corrected chi connectivity index (χ3v) is 2.78. The van der Waals surface area contributed by atoms with Crippen LogP contribution in [-0.2, 0) is 11.3 Å². The zero-order valence-corrected chi connectivity index (χ0v) is 10.3. The predicted molar refractivity (Wildman–Crippen MR) is 70.6 cm³/mol. The van der Waals surface area contributed by atoms with Gasteiger partial charge in [0.25, 0.3) is 0 Å². The zero-order chi connectivity index (χ0) is 12.7. The van der Waals surface area contributed by atoms with Crippen molar-refractivity contribution >= 4 is 0 Å². The summed E-state index contributed by atoms with van der Waals surface area (Å²) in [7, 11) is 0. The Bertz CT molecular complexity index is 337. The highest BCUT2D eigenvalue weighted by molar-refractivity contribution is 5.13. The molecule has 0 aliphatic heterocycles. The van der Waals surface area contributed by atoms with Crippen molar-refractivity contribution in [2.75, 3.05) is 0 Å². The molecule has 0 heterocycles. The molecule has 2 nitrogen and oxygen atoms in total. The van der Waals surface area contributed by atoms with Gasteiger partial charge in [0.2, 0.25) is 0 Å². The molecule has 0 unspecified atom stereocenters. The highest BCUT2D eigenvalue weighted by Crippen LogP contribution is 2.14. The van der Waals surface area contributed by atoms with Crippen LogP contribution in [0.3, 0.4) is 0 Å². The minimum Gasteiger partial charge on any atom is -0.389 e. The molecule has 0 aliphatic carbocycles. The average molecular weight is 232 g/mol. The van der Waals surface area contributed by atoms with Crippen LogP contribution in [0.4, 0.5) is 0 Å². The van der Waals surface area contributed by atoms with Crippen LogP contribution in [0.1, 0.15) is 12.5 Å². The fraction of sp³-hybridized carbons (Fsp3) is 0.333. The van der Waals surface area contributed by atoms with E-state index in [-0.39, 0.29) is 12.0 Å². The third kappa shape index (κ3) is 4.17. The molecule has 0 aromatic heterocycles. The van der Waals surface area contributed by atoms with Gasteiger partial charge in [-0.15, -0.1) is 13.2 Å². The number of ether oxygens (including phenoxy) is 1. The standard InChI is InChI=1S/C15H20O2/c1-4-14(5-2)15(16)12(3)17-11-13-9-7-6-8-10-13/h4-10,12,14-16H,1-2,11H2,3H3/t12-,15+/m1/s1. The molecule has 2 atom stereocenters. The summed E-state index contributed by atoms with van der Waals surface area (Å²) in [6.07, 6.45) is 2.50. The molecule has 1 aromatic carbocycles. The first-order valence-electron chi connectivity index (χ1n) is 5.77. The topological polar surface area (TPSA) is 29.5 Å². The Labute approximate surface area is 103 Å². The van der Waals surface area contributed by atoms with Crippen molar-refractivity contribution in [2.24, 2.45) is 5.92 Å². The number of rotatable bonds is 7. The minimum atomic E-state index is -0.603. The summed E-state index contributed by atoms with van der Waals surface area (Å²) in [6, 6.07) is 9.90. The van der Waals surface area contributed by atoms with Crippen molar-refractivity contribution in [3.8, 4) is 0 Å². The fourth-order valence-electron chi connectivity index (χ4n) is 1.59. The van der Waals surface area contributed by atoms with E-state index >= 15 is 0 Å². The largest absolute Gasteiger partial charge is 0.389 e. The number of hydrogen-bond donors (Lipinski definition) is 1. The van der Waals surface area contributed by atoms with Gasteiger partial charge in [-0.25, -0.2) is 0 Å². The lowest BCUT2D eigenvalue weighted by molar-refractivity contribution is -0.0446. The van der Waals surface area contributed by atoms with Crippen LogP contribution in [0.15, 0.2) is 55.6 Å². The number of aliphatic hydroxyl groups excluding tert-OH is 1. The highest BCUT2D eigenvalue weighted by Gasteiger charge is 2.20. The zero-order valence-electron chi connectivity index (χ0n) is 10.3. The van der Waals surface area contributed by atoms with Gasteiger partial charge in [-0.05, 0) is 12.5 Å². The molecule has 0 radical (unpaired) electrons. The predicted octanol–water partition coefficient (Wildman–Crippen LogP) is 2.94. The maximum atomic E-state index is 9.99. The highest BCUT2D eigenvalue weighted by atomic mass is 16.5. The molecule has 0 bridgehead atoms. The molecule has 17 heavy (non-hydrogen) atoms. The second kappa shape index (κ2) is 7.05. The molecule has 1 N–H and O–H groups in total. The van der Waals surface area contributed by atoms with E-state index in [0.717, 1.165) is 5.56 Å². The molecule has 0 saturated carbocycles. The van der Waals surface area contributed by atoms with Crippen molar-refractivity contribution in [2.45, 2.75) is 25.7 Å². The monoisotopic (exact) mass is 232 g/mol. The molecule has 0 spiro atoms. The number of hydrogen-bond acceptors (Lipinski definition) is 2. The molecule has 0 fully saturated rings. The van der Waals surface area contributed by atoms with Crippen LogP contribution >= 0.6 is 0 Å². The van der Waals surface area contributed by atoms with Gasteiger partial charge in [-0.2, -0.15) is 0 Å². The molecule has 0 saturated heterocycles. The first kappa shape index (κ1) is 13.7. The number of aliphatic hydroxyl groups is 1. The van der Waals surface area contributed by atoms with Gasteiger partial charge >= 0.3 is 0 Å². The van der Waals surface area contributed by atoms with E-state index in [1.165, 1.54) is 0 Å². The molecular weight excluding hydrogens is 212 g/mol. The Balaban J connectivity index is 2.46. The molecule has 2 heteroatoms. The van der Waals surface area contributed by atoms with Crippen molar-refractivity contribution in [1.29, 1.82) is 0 Å². The summed E-state index contributed by atoms with van der Waals surface area (Å²) in [5.74, 6) is -0.138. The Morgan fingerprint density at radius 3 is 2.35 bits per heavy atom. The Kier molecular flexibility index (Phi) is 5.67. The van der Waals surface area contributed by atoms with Crippen LogP contribution in [-0.4, -0.2) is 17.3 Å². The average Bonchev–Trinajstić information content (AvgIpc) is 2.38. The van der Waals surface area contributed by atoms with Gasteiger partial charge in [0.15, 0.2) is 0 Å². The van der Waals surface area contributed by atoms with E-state index in [4.69, 9.17) is 4.74 Å². The van der Waals surface area contributed by atoms with E-state index in [0.29, 0.717) is 6.61 Å². The summed E-state index contributed by atoms with van der Waals surface area (Å²) in [4.78, 5) is 0. The van der Waals surface area contributed by atoms with Crippen LogP contribution in [0, 0.1) is 5.92 Å². The van der Waals surface area contributed by atoms with Crippen LogP contribution in [0.25, 0.3) is 0 Å². The van der Waals surface area contributed by atoms with Crippen molar-refractivity contribution in [1.82, 2.24) is 0 Å². The second-order valence-corrected chi connectivity index (χ2v) is 4.04. The maximum Gasteiger partial charge on any atom is 0.0895 e. The van der Waals surface area contributed by atoms with Gasteiger partial charge in [0.1, 0.15) is 0 Å². The summed E-state index contributed by atoms with van der Waals surface area (Å²) >= 11 is 0. The molecule has 92 valence electrons. The lowest BCUT2D eigenvalue weighted by Crippen LogP contribution is -2.31. The van der Waals surface area contributed by atoms with E-state index in [1.54, 1.807) is 12.2 Å². The lowest BCUT2D eigenvalue weighted by Gasteiger charge is -2.23. The Hall–Kier alpha value is -1.38. The second-order valence-electron chi connectivity index (χ2n) is 4.04. The molecule has 1 rings (SSSR count). The normalized spacial score (nSPS) is 14.3. The third-order valence-electron chi connectivity index (χ3n) is 2.78. The van der Waals surface area contributed by atoms with Crippen LogP contribution < -0.4 is 0 Å². The Morgan fingerprint density at radius 2 is 1.82 bits per heavy atom. The Morgan fingerprint density at radius 1 is 1.24 bits per heavy atom. The smallest absolute Gasteiger partial charge is 0.0895 e. The van der Waals surface area contributed by atoms with Crippen molar-refractivity contribution < 1.29 is 9.84 Å². The molecule has 1 aromatic rings. The number of benzene rings is 1. The molecular formula is C15H20O2. The lowest BCUT2D eigenvalue weighted by atomic mass is 9.99. The van der Waals surface area contributed by atoms with Gasteiger partial charge in [0, 0.05) is 5.92 Å². The van der Waals surface area contributed by atoms with Gasteiger partial charge in [-0.3, -0.25) is 0 Å². The molecule has 0 amide bonds. The van der Waals surface area contributed by atoms with Crippen LogP contribution in [0.5, 0.6) is 0 Å². The summed E-state index contributed by atoms with van der Waals surface area (Å²) in [5, 5.41) is 9.99. The fourth-order valence-corrected chi connectivity index (χ4v) is 1.59. The van der Waals surface area contributed by atoms with Gasteiger partial charge in [0.05, 0.1) is 18.8 Å². The van der Waals surface area contributed by atoms with E-state index in [2.05, 4.69) is 13.2 Å². The first-order chi connectivity index (χ1) is 8.19. The first-order valence-corrected chi connectivity index (χ1v) is 5.77. The van der Waals surface area contributed by atoms with Crippen molar-refractivity contribution in [3.05, 3.63) is 61.2 Å². The van der Waals surface area contributed by atoms with Crippen LogP contribution in [0.2, 0.25) is 0 Å². The van der Waals surface area contributed by atoms with Gasteiger partial charge in [-0.1, -0.05) is 42.5 Å². The summed E-state index contributed by atoms with van der Waals surface area (Å²) in [5.41, 5.74) is 1.10. The maximum absolute atomic E-state index is 9.99. The molecule has 0 aliphatic rings. The summed E-state index contributed by atoms with van der Waals surface area (Å²) in [6.45, 7) is 9.69. The van der Waals surface area contributed by atoms with Crippen molar-refractivity contribution in [3.63, 3.8) is 0 Å². The summed E-state index contributed by atoms with van der Waals surface area (Å²) < 4.78 is 5.63. The van der Waals surface area contributed by atoms with Gasteiger partial charge < -0.3 is 9.84 Å². The SMILES string of the molecule is C=CC(C=C)[C@@H](O)[C@@H](C)OCc1ccccc1. The minimum absolute atomic E-state index is 0.138. The quantitative estimate of drug-likeness (QED) is 0.732. The van der Waals surface area contributed by atoms with E-state index < -0.39 is 6.10 Å². The van der Waals surface area contributed by atoms with E-state index in [9.17, 15) is 5.11 Å².